The number of allylic oxidation sites excluding steroid dienone is 1. The molecule has 0 spiro atoms. The van der Waals surface area contributed by atoms with Crippen molar-refractivity contribution in [1.29, 1.82) is 0 Å². The van der Waals surface area contributed by atoms with Crippen LogP contribution in [0.3, 0.4) is 0 Å². The van der Waals surface area contributed by atoms with Crippen molar-refractivity contribution in [1.82, 2.24) is 14.8 Å². The number of nitrogens with zero attached hydrogens (tertiary/aromatic N) is 3. The molecule has 17 heavy (non-hydrogen) atoms. The molecular weight excluding hydrogens is 214 g/mol. The molecule has 0 bridgehead atoms. The summed E-state index contributed by atoms with van der Waals surface area (Å²) in [5.74, 6) is -0.0599. The zero-order valence-electron chi connectivity index (χ0n) is 9.58. The van der Waals surface area contributed by atoms with Crippen LogP contribution in [-0.4, -0.2) is 20.5 Å². The summed E-state index contributed by atoms with van der Waals surface area (Å²) in [5.41, 5.74) is 1.36. The molecule has 0 aromatic carbocycles. The summed E-state index contributed by atoms with van der Waals surface area (Å²) < 4.78 is 1.72. The molecule has 2 aromatic heterocycles. The summed E-state index contributed by atoms with van der Waals surface area (Å²) >= 11 is 0. The Bertz CT molecular complexity index is 529. The molecule has 0 N–H and O–H groups in total. The molecule has 0 atom stereocenters. The molecule has 0 aliphatic carbocycles. The molecule has 2 rings (SSSR count). The number of pyridine rings is 1. The van der Waals surface area contributed by atoms with Crippen LogP contribution in [0.2, 0.25) is 0 Å². The number of hydrogen-bond acceptors (Lipinski definition) is 3. The van der Waals surface area contributed by atoms with Crippen LogP contribution in [0, 0.1) is 0 Å². The van der Waals surface area contributed by atoms with Crippen LogP contribution in [0.15, 0.2) is 42.9 Å². The SMILES string of the molecule is CCn1cc(C(=O)/C=C/c2ccccn2)cn1. The normalized spacial score (nSPS) is 10.9. The third-order valence-electron chi connectivity index (χ3n) is 2.33. The maximum atomic E-state index is 11.8. The lowest BCUT2D eigenvalue weighted by Crippen LogP contribution is -1.94. The number of carbonyl (C=O) groups is 1. The minimum absolute atomic E-state index is 0.0599. The van der Waals surface area contributed by atoms with E-state index in [0.29, 0.717) is 5.56 Å². The quantitative estimate of drug-likeness (QED) is 0.594. The van der Waals surface area contributed by atoms with Gasteiger partial charge in [0.1, 0.15) is 0 Å². The average molecular weight is 227 g/mol. The molecule has 4 heteroatoms. The number of rotatable bonds is 4. The number of aromatic nitrogens is 3. The van der Waals surface area contributed by atoms with Crippen molar-refractivity contribution in [2.75, 3.05) is 0 Å². The summed E-state index contributed by atoms with van der Waals surface area (Å²) in [7, 11) is 0. The lowest BCUT2D eigenvalue weighted by molar-refractivity contribution is 0.104. The third kappa shape index (κ3) is 2.87. The Hall–Kier alpha value is -2.23. The molecule has 86 valence electrons. The van der Waals surface area contributed by atoms with Gasteiger partial charge in [0.25, 0.3) is 0 Å². The first-order valence-corrected chi connectivity index (χ1v) is 5.45. The van der Waals surface area contributed by atoms with Crippen LogP contribution in [0.25, 0.3) is 6.08 Å². The lowest BCUT2D eigenvalue weighted by atomic mass is 10.2. The van der Waals surface area contributed by atoms with Gasteiger partial charge in [0, 0.05) is 18.9 Å². The van der Waals surface area contributed by atoms with Gasteiger partial charge in [-0.05, 0) is 31.2 Å². The highest BCUT2D eigenvalue weighted by Crippen LogP contribution is 2.03. The lowest BCUT2D eigenvalue weighted by Gasteiger charge is -1.91. The van der Waals surface area contributed by atoms with Gasteiger partial charge in [-0.2, -0.15) is 5.10 Å². The van der Waals surface area contributed by atoms with Crippen molar-refractivity contribution in [2.45, 2.75) is 13.5 Å². The van der Waals surface area contributed by atoms with Crippen LogP contribution in [-0.2, 0) is 6.54 Å². The van der Waals surface area contributed by atoms with Gasteiger partial charge in [0.15, 0.2) is 5.78 Å². The predicted octanol–water partition coefficient (Wildman–Crippen LogP) is 2.19. The topological polar surface area (TPSA) is 47.8 Å². The standard InChI is InChI=1S/C13H13N3O/c1-2-16-10-11(9-15-16)13(17)7-6-12-5-3-4-8-14-12/h3-10H,2H2,1H3/b7-6+. The van der Waals surface area contributed by atoms with Gasteiger partial charge in [0.05, 0.1) is 17.5 Å². The highest BCUT2D eigenvalue weighted by atomic mass is 16.1. The first-order chi connectivity index (χ1) is 8.29. The molecule has 0 unspecified atom stereocenters. The van der Waals surface area contributed by atoms with Crippen molar-refractivity contribution in [3.63, 3.8) is 0 Å². The van der Waals surface area contributed by atoms with Crippen molar-refractivity contribution >= 4 is 11.9 Å². The first-order valence-electron chi connectivity index (χ1n) is 5.45. The molecule has 0 fully saturated rings. The average Bonchev–Trinajstić information content (AvgIpc) is 2.86. The number of aryl methyl sites for hydroxylation is 1. The van der Waals surface area contributed by atoms with Crippen molar-refractivity contribution in [2.24, 2.45) is 0 Å². The molecule has 0 amide bonds. The Kier molecular flexibility index (Phi) is 3.45. The molecule has 0 radical (unpaired) electrons. The van der Waals surface area contributed by atoms with Crippen molar-refractivity contribution in [3.05, 3.63) is 54.1 Å². The van der Waals surface area contributed by atoms with E-state index in [1.807, 2.05) is 25.1 Å². The number of hydrogen-bond donors (Lipinski definition) is 0. The number of ketones is 1. The second-order valence-electron chi connectivity index (χ2n) is 3.54. The van der Waals surface area contributed by atoms with E-state index in [1.54, 1.807) is 29.3 Å². The monoisotopic (exact) mass is 227 g/mol. The summed E-state index contributed by atoms with van der Waals surface area (Å²) in [6, 6.07) is 5.57. The summed E-state index contributed by atoms with van der Waals surface area (Å²) in [5, 5.41) is 4.06. The third-order valence-corrected chi connectivity index (χ3v) is 2.33. The smallest absolute Gasteiger partial charge is 0.189 e. The maximum absolute atomic E-state index is 11.8. The minimum atomic E-state index is -0.0599. The maximum Gasteiger partial charge on any atom is 0.189 e. The Balaban J connectivity index is 2.09. The van der Waals surface area contributed by atoms with Crippen LogP contribution in [0.4, 0.5) is 0 Å². The fourth-order valence-electron chi connectivity index (χ4n) is 1.40. The van der Waals surface area contributed by atoms with E-state index in [1.165, 1.54) is 6.08 Å². The van der Waals surface area contributed by atoms with Gasteiger partial charge in [-0.25, -0.2) is 0 Å². The highest BCUT2D eigenvalue weighted by molar-refractivity contribution is 6.06. The Morgan fingerprint density at radius 3 is 3.00 bits per heavy atom. The van der Waals surface area contributed by atoms with E-state index in [0.717, 1.165) is 12.2 Å². The van der Waals surface area contributed by atoms with E-state index in [2.05, 4.69) is 10.1 Å². The summed E-state index contributed by atoms with van der Waals surface area (Å²) in [6.07, 6.45) is 8.23. The van der Waals surface area contributed by atoms with Crippen molar-refractivity contribution in [3.8, 4) is 0 Å². The van der Waals surface area contributed by atoms with Gasteiger partial charge in [-0.1, -0.05) is 6.07 Å². The molecule has 0 aliphatic heterocycles. The second kappa shape index (κ2) is 5.21. The van der Waals surface area contributed by atoms with Crippen LogP contribution < -0.4 is 0 Å². The summed E-state index contributed by atoms with van der Waals surface area (Å²) in [6.45, 7) is 2.74. The zero-order chi connectivity index (χ0) is 12.1. The molecule has 2 heterocycles. The molecular formula is C13H13N3O. The molecule has 2 aromatic rings. The van der Waals surface area contributed by atoms with Crippen LogP contribution in [0.1, 0.15) is 23.0 Å². The minimum Gasteiger partial charge on any atom is -0.289 e. The molecule has 0 saturated carbocycles. The Morgan fingerprint density at radius 1 is 1.47 bits per heavy atom. The van der Waals surface area contributed by atoms with Crippen molar-refractivity contribution < 1.29 is 4.79 Å². The molecule has 0 saturated heterocycles. The van der Waals surface area contributed by atoms with Gasteiger partial charge in [-0.3, -0.25) is 14.5 Å². The van der Waals surface area contributed by atoms with Gasteiger partial charge >= 0.3 is 0 Å². The Labute approximate surface area is 99.6 Å². The zero-order valence-corrected chi connectivity index (χ0v) is 9.58. The highest BCUT2D eigenvalue weighted by Gasteiger charge is 2.04. The van der Waals surface area contributed by atoms with E-state index in [9.17, 15) is 4.79 Å². The van der Waals surface area contributed by atoms with Gasteiger partial charge < -0.3 is 0 Å². The van der Waals surface area contributed by atoms with Gasteiger partial charge in [-0.15, -0.1) is 0 Å². The second-order valence-corrected chi connectivity index (χ2v) is 3.54. The summed E-state index contributed by atoms with van der Waals surface area (Å²) in [4.78, 5) is 15.9. The fourth-order valence-corrected chi connectivity index (χ4v) is 1.40. The van der Waals surface area contributed by atoms with Crippen LogP contribution >= 0.6 is 0 Å². The number of carbonyl (C=O) groups excluding carboxylic acids is 1. The van der Waals surface area contributed by atoms with Gasteiger partial charge in [0.2, 0.25) is 0 Å². The fraction of sp³-hybridized carbons (Fsp3) is 0.154. The largest absolute Gasteiger partial charge is 0.289 e. The molecule has 0 aliphatic rings. The van der Waals surface area contributed by atoms with E-state index in [-0.39, 0.29) is 5.78 Å². The van der Waals surface area contributed by atoms with E-state index >= 15 is 0 Å². The van der Waals surface area contributed by atoms with E-state index in [4.69, 9.17) is 0 Å². The van der Waals surface area contributed by atoms with Crippen LogP contribution in [0.5, 0.6) is 0 Å². The van der Waals surface area contributed by atoms with E-state index < -0.39 is 0 Å². The first kappa shape index (κ1) is 11.3. The Morgan fingerprint density at radius 2 is 2.35 bits per heavy atom. The predicted molar refractivity (Wildman–Crippen MR) is 65.5 cm³/mol. The molecule has 4 nitrogen and oxygen atoms in total.